The van der Waals surface area contributed by atoms with Crippen LogP contribution >= 0.6 is 15.8 Å². The summed E-state index contributed by atoms with van der Waals surface area (Å²) in [4.78, 5) is 0. The lowest BCUT2D eigenvalue weighted by atomic mass is 10.4. The number of hydrogen-bond acceptors (Lipinski definition) is 0. The Morgan fingerprint density at radius 3 is 1.33 bits per heavy atom. The zero-order chi connectivity index (χ0) is 9.14. The van der Waals surface area contributed by atoms with Crippen LogP contribution in [-0.4, -0.2) is 26.7 Å². The van der Waals surface area contributed by atoms with E-state index in [2.05, 4.69) is 50.9 Å². The highest BCUT2D eigenvalue weighted by Gasteiger charge is 2.07. The molecular formula is C10H16P2. The standard InChI is InChI=1S/C10H16P2/c1-11(2)9-7-5-6-8-10(9)12(3)4/h5-8H,1-4H3. The maximum absolute atomic E-state index is 2.33. The molecule has 0 nitrogen and oxygen atoms in total. The second kappa shape index (κ2) is 4.35. The van der Waals surface area contributed by atoms with Gasteiger partial charge in [0.15, 0.2) is 0 Å². The molecule has 0 unspecified atom stereocenters. The third-order valence-electron chi connectivity index (χ3n) is 1.85. The Balaban J connectivity index is 3.09. The van der Waals surface area contributed by atoms with E-state index < -0.39 is 0 Å². The minimum atomic E-state index is 0.0674. The molecule has 1 aromatic carbocycles. The Bertz CT molecular complexity index is 227. The van der Waals surface area contributed by atoms with Gasteiger partial charge in [0.1, 0.15) is 0 Å². The van der Waals surface area contributed by atoms with Crippen molar-refractivity contribution in [2.45, 2.75) is 0 Å². The van der Waals surface area contributed by atoms with Crippen LogP contribution in [0, 0.1) is 0 Å². The summed E-state index contributed by atoms with van der Waals surface area (Å²) in [5.74, 6) is 0. The number of hydrogen-bond donors (Lipinski definition) is 0. The van der Waals surface area contributed by atoms with Crippen LogP contribution in [0.25, 0.3) is 0 Å². The molecular weight excluding hydrogens is 182 g/mol. The fraction of sp³-hybridized carbons (Fsp3) is 0.400. The topological polar surface area (TPSA) is 0 Å². The third-order valence-corrected chi connectivity index (χ3v) is 4.73. The van der Waals surface area contributed by atoms with Gasteiger partial charge >= 0.3 is 0 Å². The first-order valence-electron chi connectivity index (χ1n) is 4.06. The molecule has 0 aliphatic heterocycles. The van der Waals surface area contributed by atoms with Gasteiger partial charge in [0.2, 0.25) is 0 Å². The Labute approximate surface area is 77.9 Å². The Kier molecular flexibility index (Phi) is 3.69. The van der Waals surface area contributed by atoms with Crippen LogP contribution in [0.1, 0.15) is 0 Å². The molecule has 0 aliphatic rings. The number of benzene rings is 1. The smallest absolute Gasteiger partial charge is 0.0169 e. The van der Waals surface area contributed by atoms with Crippen molar-refractivity contribution in [2.75, 3.05) is 26.7 Å². The molecule has 1 aromatic rings. The Morgan fingerprint density at radius 1 is 0.750 bits per heavy atom. The van der Waals surface area contributed by atoms with Gasteiger partial charge in [0.25, 0.3) is 0 Å². The molecule has 0 radical (unpaired) electrons. The number of rotatable bonds is 2. The summed E-state index contributed by atoms with van der Waals surface area (Å²) >= 11 is 0. The van der Waals surface area contributed by atoms with E-state index in [-0.39, 0.29) is 15.8 Å². The summed E-state index contributed by atoms with van der Waals surface area (Å²) in [5.41, 5.74) is 0. The Hall–Kier alpha value is 0.0800. The normalized spacial score (nSPS) is 11.2. The van der Waals surface area contributed by atoms with Crippen LogP contribution in [-0.2, 0) is 0 Å². The maximum Gasteiger partial charge on any atom is -0.0169 e. The molecule has 0 bridgehead atoms. The van der Waals surface area contributed by atoms with Crippen molar-refractivity contribution < 1.29 is 0 Å². The van der Waals surface area contributed by atoms with Crippen LogP contribution in [0.5, 0.6) is 0 Å². The molecule has 0 spiro atoms. The van der Waals surface area contributed by atoms with Crippen LogP contribution < -0.4 is 10.6 Å². The molecule has 0 aliphatic carbocycles. The Morgan fingerprint density at radius 2 is 1.08 bits per heavy atom. The summed E-state index contributed by atoms with van der Waals surface area (Å²) < 4.78 is 0. The zero-order valence-corrected chi connectivity index (χ0v) is 9.99. The fourth-order valence-corrected chi connectivity index (χ4v) is 4.25. The molecule has 1 rings (SSSR count). The highest BCUT2D eigenvalue weighted by molar-refractivity contribution is 7.70. The summed E-state index contributed by atoms with van der Waals surface area (Å²) in [7, 11) is 0.135. The molecule has 0 N–H and O–H groups in total. The molecule has 0 heterocycles. The van der Waals surface area contributed by atoms with E-state index in [0.717, 1.165) is 0 Å². The van der Waals surface area contributed by atoms with E-state index in [9.17, 15) is 0 Å². The van der Waals surface area contributed by atoms with Crippen molar-refractivity contribution in [1.82, 2.24) is 0 Å². The van der Waals surface area contributed by atoms with E-state index in [1.54, 1.807) is 10.6 Å². The second-order valence-corrected chi connectivity index (χ2v) is 7.82. The minimum Gasteiger partial charge on any atom is -0.0810 e. The minimum absolute atomic E-state index is 0.0674. The highest BCUT2D eigenvalue weighted by atomic mass is 31.1. The van der Waals surface area contributed by atoms with Crippen LogP contribution in [0.15, 0.2) is 24.3 Å². The van der Waals surface area contributed by atoms with E-state index >= 15 is 0 Å². The van der Waals surface area contributed by atoms with Crippen molar-refractivity contribution in [3.05, 3.63) is 24.3 Å². The largest absolute Gasteiger partial charge is 0.0810 e. The van der Waals surface area contributed by atoms with Gasteiger partial charge in [-0.25, -0.2) is 0 Å². The molecule has 0 saturated carbocycles. The first-order valence-corrected chi connectivity index (χ1v) is 8.54. The van der Waals surface area contributed by atoms with Crippen molar-refractivity contribution in [1.29, 1.82) is 0 Å². The monoisotopic (exact) mass is 198 g/mol. The molecule has 66 valence electrons. The first kappa shape index (κ1) is 10.2. The SMILES string of the molecule is CP(C)c1ccccc1P(C)C. The average Bonchev–Trinajstić information content (AvgIpc) is 2.04. The predicted molar refractivity (Wildman–Crippen MR) is 63.2 cm³/mol. The lowest BCUT2D eigenvalue weighted by Crippen LogP contribution is -2.19. The summed E-state index contributed by atoms with van der Waals surface area (Å²) in [5, 5.41) is 3.17. The molecule has 2 heteroatoms. The van der Waals surface area contributed by atoms with Crippen molar-refractivity contribution in [3.8, 4) is 0 Å². The first-order chi connectivity index (χ1) is 5.63. The van der Waals surface area contributed by atoms with Gasteiger partial charge in [0.05, 0.1) is 0 Å². The van der Waals surface area contributed by atoms with E-state index in [1.165, 1.54) is 0 Å². The van der Waals surface area contributed by atoms with E-state index in [1.807, 2.05) is 0 Å². The molecule has 0 atom stereocenters. The van der Waals surface area contributed by atoms with Gasteiger partial charge in [0, 0.05) is 0 Å². The molecule has 0 aromatic heterocycles. The van der Waals surface area contributed by atoms with E-state index in [0.29, 0.717) is 0 Å². The van der Waals surface area contributed by atoms with Crippen molar-refractivity contribution in [3.63, 3.8) is 0 Å². The molecule has 0 fully saturated rings. The third kappa shape index (κ3) is 2.28. The summed E-state index contributed by atoms with van der Waals surface area (Å²) in [6, 6.07) is 8.87. The van der Waals surface area contributed by atoms with Crippen molar-refractivity contribution >= 4 is 26.5 Å². The summed E-state index contributed by atoms with van der Waals surface area (Å²) in [6.45, 7) is 9.31. The quantitative estimate of drug-likeness (QED) is 0.640. The van der Waals surface area contributed by atoms with Gasteiger partial charge in [-0.15, -0.1) is 0 Å². The van der Waals surface area contributed by atoms with Crippen LogP contribution in [0.2, 0.25) is 0 Å². The lowest BCUT2D eigenvalue weighted by Gasteiger charge is -2.15. The average molecular weight is 198 g/mol. The lowest BCUT2D eigenvalue weighted by molar-refractivity contribution is 1.81. The van der Waals surface area contributed by atoms with Crippen molar-refractivity contribution in [2.24, 2.45) is 0 Å². The fourth-order valence-electron chi connectivity index (χ4n) is 1.22. The van der Waals surface area contributed by atoms with Crippen LogP contribution in [0.4, 0.5) is 0 Å². The molecule has 0 amide bonds. The second-order valence-electron chi connectivity index (χ2n) is 3.28. The predicted octanol–water partition coefficient (Wildman–Crippen LogP) is 2.42. The molecule has 12 heavy (non-hydrogen) atoms. The maximum atomic E-state index is 2.33. The van der Waals surface area contributed by atoms with Gasteiger partial charge in [-0.1, -0.05) is 40.1 Å². The zero-order valence-electron chi connectivity index (χ0n) is 8.20. The van der Waals surface area contributed by atoms with Gasteiger partial charge < -0.3 is 0 Å². The van der Waals surface area contributed by atoms with E-state index in [4.69, 9.17) is 0 Å². The van der Waals surface area contributed by atoms with Gasteiger partial charge in [-0.05, 0) is 37.3 Å². The molecule has 0 saturated heterocycles. The van der Waals surface area contributed by atoms with Crippen LogP contribution in [0.3, 0.4) is 0 Å². The van der Waals surface area contributed by atoms with Gasteiger partial charge in [-0.3, -0.25) is 0 Å². The highest BCUT2D eigenvalue weighted by Crippen LogP contribution is 2.29. The van der Waals surface area contributed by atoms with Gasteiger partial charge in [-0.2, -0.15) is 0 Å². The summed E-state index contributed by atoms with van der Waals surface area (Å²) in [6.07, 6.45) is 0.